The van der Waals surface area contributed by atoms with Gasteiger partial charge in [0.15, 0.2) is 0 Å². The molecule has 4 heteroatoms. The van der Waals surface area contributed by atoms with Gasteiger partial charge in [0.2, 0.25) is 0 Å². The third-order valence-corrected chi connectivity index (χ3v) is 4.23. The average molecular weight is 297 g/mol. The first-order valence-corrected chi connectivity index (χ1v) is 7.96. The van der Waals surface area contributed by atoms with Gasteiger partial charge in [-0.25, -0.2) is 0 Å². The Kier molecular flexibility index (Phi) is 6.30. The summed E-state index contributed by atoms with van der Waals surface area (Å²) in [4.78, 5) is 2.40. The highest BCUT2D eigenvalue weighted by atomic mass is 35.5. The van der Waals surface area contributed by atoms with E-state index in [1.807, 2.05) is 18.2 Å². The predicted octanol–water partition coefficient (Wildman–Crippen LogP) is 2.84. The predicted molar refractivity (Wildman–Crippen MR) is 84.2 cm³/mol. The van der Waals surface area contributed by atoms with Crippen molar-refractivity contribution in [2.24, 2.45) is 0 Å². The molecule has 1 aromatic rings. The quantitative estimate of drug-likeness (QED) is 0.735. The van der Waals surface area contributed by atoms with Crippen molar-refractivity contribution >= 4 is 11.6 Å². The van der Waals surface area contributed by atoms with Gasteiger partial charge in [-0.15, -0.1) is 0 Å². The minimum atomic E-state index is 0.245. The molecular weight excluding hydrogens is 272 g/mol. The van der Waals surface area contributed by atoms with Crippen LogP contribution in [0.4, 0.5) is 0 Å². The largest absolute Gasteiger partial charge is 0.395 e. The van der Waals surface area contributed by atoms with Crippen LogP contribution in [-0.2, 0) is 0 Å². The second-order valence-electron chi connectivity index (χ2n) is 5.41. The molecule has 2 N–H and O–H groups in total. The monoisotopic (exact) mass is 296 g/mol. The number of nitrogens with one attached hydrogen (secondary N) is 1. The van der Waals surface area contributed by atoms with E-state index in [1.165, 1.54) is 18.4 Å². The van der Waals surface area contributed by atoms with E-state index in [-0.39, 0.29) is 12.6 Å². The zero-order valence-electron chi connectivity index (χ0n) is 12.2. The molecule has 20 heavy (non-hydrogen) atoms. The number of nitrogens with zero attached hydrogens (tertiary/aromatic N) is 1. The van der Waals surface area contributed by atoms with Gasteiger partial charge in [0.1, 0.15) is 0 Å². The van der Waals surface area contributed by atoms with Crippen LogP contribution in [0.3, 0.4) is 0 Å². The molecule has 0 aliphatic heterocycles. The molecule has 0 saturated heterocycles. The molecule has 2 rings (SSSR count). The molecule has 1 fully saturated rings. The highest BCUT2D eigenvalue weighted by Gasteiger charge is 2.28. The van der Waals surface area contributed by atoms with Gasteiger partial charge in [0, 0.05) is 30.2 Å². The topological polar surface area (TPSA) is 35.5 Å². The number of hydrogen-bond acceptors (Lipinski definition) is 3. The first kappa shape index (κ1) is 15.8. The summed E-state index contributed by atoms with van der Waals surface area (Å²) >= 11 is 6.31. The van der Waals surface area contributed by atoms with Gasteiger partial charge in [-0.2, -0.15) is 0 Å². The van der Waals surface area contributed by atoms with E-state index in [0.717, 1.165) is 31.1 Å². The zero-order chi connectivity index (χ0) is 14.4. The minimum Gasteiger partial charge on any atom is -0.395 e. The van der Waals surface area contributed by atoms with Crippen molar-refractivity contribution in [1.29, 1.82) is 0 Å². The van der Waals surface area contributed by atoms with Gasteiger partial charge in [-0.05, 0) is 37.4 Å². The SMILES string of the molecule is CCNC(CCN(CCO)C1CC1)c1ccccc1Cl. The lowest BCUT2D eigenvalue weighted by Crippen LogP contribution is -2.33. The molecule has 0 spiro atoms. The van der Waals surface area contributed by atoms with Crippen LogP contribution >= 0.6 is 11.6 Å². The number of benzene rings is 1. The van der Waals surface area contributed by atoms with Crippen LogP contribution in [0.2, 0.25) is 5.02 Å². The summed E-state index contributed by atoms with van der Waals surface area (Å²) in [6.45, 7) is 5.09. The Morgan fingerprint density at radius 2 is 2.10 bits per heavy atom. The van der Waals surface area contributed by atoms with Gasteiger partial charge in [0.25, 0.3) is 0 Å². The molecule has 1 atom stereocenters. The Morgan fingerprint density at radius 1 is 1.35 bits per heavy atom. The first-order chi connectivity index (χ1) is 9.76. The fraction of sp³-hybridized carbons (Fsp3) is 0.625. The van der Waals surface area contributed by atoms with E-state index in [2.05, 4.69) is 23.2 Å². The van der Waals surface area contributed by atoms with Crippen LogP contribution in [0.5, 0.6) is 0 Å². The first-order valence-electron chi connectivity index (χ1n) is 7.59. The number of rotatable bonds is 9. The Labute approximate surface area is 126 Å². The normalized spacial score (nSPS) is 16.6. The highest BCUT2D eigenvalue weighted by molar-refractivity contribution is 6.31. The van der Waals surface area contributed by atoms with Crippen molar-refractivity contribution in [3.8, 4) is 0 Å². The second kappa shape index (κ2) is 7.99. The van der Waals surface area contributed by atoms with Crippen LogP contribution in [0, 0.1) is 0 Å². The van der Waals surface area contributed by atoms with E-state index in [4.69, 9.17) is 16.7 Å². The van der Waals surface area contributed by atoms with Gasteiger partial charge in [-0.1, -0.05) is 36.7 Å². The molecule has 1 aromatic carbocycles. The van der Waals surface area contributed by atoms with Crippen molar-refractivity contribution in [2.75, 3.05) is 26.2 Å². The van der Waals surface area contributed by atoms with Gasteiger partial charge < -0.3 is 10.4 Å². The molecule has 0 heterocycles. The van der Waals surface area contributed by atoms with E-state index in [9.17, 15) is 0 Å². The second-order valence-corrected chi connectivity index (χ2v) is 5.82. The number of halogens is 1. The van der Waals surface area contributed by atoms with E-state index in [1.54, 1.807) is 0 Å². The lowest BCUT2D eigenvalue weighted by Gasteiger charge is -2.25. The molecule has 1 saturated carbocycles. The molecule has 0 radical (unpaired) electrons. The van der Waals surface area contributed by atoms with Gasteiger partial charge in [-0.3, -0.25) is 4.90 Å². The van der Waals surface area contributed by atoms with Crippen molar-refractivity contribution < 1.29 is 5.11 Å². The van der Waals surface area contributed by atoms with Crippen LogP contribution < -0.4 is 5.32 Å². The van der Waals surface area contributed by atoms with Gasteiger partial charge >= 0.3 is 0 Å². The Morgan fingerprint density at radius 3 is 2.70 bits per heavy atom. The minimum absolute atomic E-state index is 0.245. The van der Waals surface area contributed by atoms with E-state index in [0.29, 0.717) is 6.04 Å². The number of aliphatic hydroxyl groups excluding tert-OH is 1. The summed E-state index contributed by atoms with van der Waals surface area (Å²) in [5.41, 5.74) is 1.18. The summed E-state index contributed by atoms with van der Waals surface area (Å²) in [7, 11) is 0. The third-order valence-electron chi connectivity index (χ3n) is 3.89. The lowest BCUT2D eigenvalue weighted by molar-refractivity contribution is 0.182. The smallest absolute Gasteiger partial charge is 0.0558 e. The maximum absolute atomic E-state index is 9.16. The van der Waals surface area contributed by atoms with Gasteiger partial charge in [0.05, 0.1) is 6.61 Å². The third kappa shape index (κ3) is 4.45. The molecule has 0 amide bonds. The van der Waals surface area contributed by atoms with E-state index < -0.39 is 0 Å². The molecule has 112 valence electrons. The summed E-state index contributed by atoms with van der Waals surface area (Å²) in [5.74, 6) is 0. The fourth-order valence-electron chi connectivity index (χ4n) is 2.71. The molecule has 0 bridgehead atoms. The zero-order valence-corrected chi connectivity index (χ0v) is 12.9. The van der Waals surface area contributed by atoms with Crippen LogP contribution in [0.25, 0.3) is 0 Å². The maximum Gasteiger partial charge on any atom is 0.0558 e. The van der Waals surface area contributed by atoms with Crippen LogP contribution in [0.15, 0.2) is 24.3 Å². The summed E-state index contributed by atoms with van der Waals surface area (Å²) < 4.78 is 0. The summed E-state index contributed by atoms with van der Waals surface area (Å²) in [6.07, 6.45) is 3.57. The molecule has 3 nitrogen and oxygen atoms in total. The Balaban J connectivity index is 1.96. The average Bonchev–Trinajstić information content (AvgIpc) is 3.27. The molecular formula is C16H25ClN2O. The molecule has 1 aliphatic rings. The number of aliphatic hydroxyl groups is 1. The standard InChI is InChI=1S/C16H25ClN2O/c1-2-18-16(14-5-3-4-6-15(14)17)9-10-19(11-12-20)13-7-8-13/h3-6,13,16,18,20H,2,7-12H2,1H3. The Hall–Kier alpha value is -0.610. The molecule has 0 aromatic heterocycles. The van der Waals surface area contributed by atoms with E-state index >= 15 is 0 Å². The highest BCUT2D eigenvalue weighted by Crippen LogP contribution is 2.29. The van der Waals surface area contributed by atoms with Crippen molar-refractivity contribution in [3.05, 3.63) is 34.9 Å². The fourth-order valence-corrected chi connectivity index (χ4v) is 2.98. The number of hydrogen-bond donors (Lipinski definition) is 2. The maximum atomic E-state index is 9.16. The molecule has 1 aliphatic carbocycles. The van der Waals surface area contributed by atoms with Crippen molar-refractivity contribution in [3.63, 3.8) is 0 Å². The summed E-state index contributed by atoms with van der Waals surface area (Å²) in [6, 6.07) is 9.04. The van der Waals surface area contributed by atoms with Crippen LogP contribution in [0.1, 0.15) is 37.8 Å². The Bertz CT molecular complexity index is 409. The summed E-state index contributed by atoms with van der Waals surface area (Å²) in [5, 5.41) is 13.5. The van der Waals surface area contributed by atoms with Crippen molar-refractivity contribution in [1.82, 2.24) is 10.2 Å². The van der Waals surface area contributed by atoms with Crippen LogP contribution in [-0.4, -0.2) is 42.3 Å². The van der Waals surface area contributed by atoms with Crippen molar-refractivity contribution in [2.45, 2.75) is 38.3 Å². The molecule has 1 unspecified atom stereocenters. The lowest BCUT2D eigenvalue weighted by atomic mass is 10.0.